The number of nitrogens with zero attached hydrogens (tertiary/aromatic N) is 3. The van der Waals surface area contributed by atoms with E-state index in [1.807, 2.05) is 79.0 Å². The Morgan fingerprint density at radius 1 is 1.03 bits per heavy atom. The first-order valence-electron chi connectivity index (χ1n) is 10.6. The van der Waals surface area contributed by atoms with Gasteiger partial charge in [-0.2, -0.15) is 0 Å². The SMILES string of the molecule is CCCCN(Cc1cccn1C)C(=O)CN(C(=O)CCc1ccccc1)C(C)C. The van der Waals surface area contributed by atoms with E-state index in [9.17, 15) is 9.59 Å². The molecule has 2 rings (SSSR count). The van der Waals surface area contributed by atoms with Crippen LogP contribution in [0.15, 0.2) is 48.7 Å². The van der Waals surface area contributed by atoms with Gasteiger partial charge in [0.05, 0.1) is 13.1 Å². The Labute approximate surface area is 175 Å². The van der Waals surface area contributed by atoms with Crippen molar-refractivity contribution in [3.63, 3.8) is 0 Å². The number of carbonyl (C=O) groups excluding carboxylic acids is 2. The highest BCUT2D eigenvalue weighted by Gasteiger charge is 2.23. The second kappa shape index (κ2) is 11.4. The molecular weight excluding hydrogens is 362 g/mol. The Balaban J connectivity index is 2.02. The summed E-state index contributed by atoms with van der Waals surface area (Å²) in [7, 11) is 1.99. The van der Waals surface area contributed by atoms with Gasteiger partial charge in [-0.1, -0.05) is 43.7 Å². The molecule has 5 nitrogen and oxygen atoms in total. The van der Waals surface area contributed by atoms with Gasteiger partial charge in [-0.3, -0.25) is 9.59 Å². The van der Waals surface area contributed by atoms with E-state index in [1.165, 1.54) is 0 Å². The quantitative estimate of drug-likeness (QED) is 0.575. The average molecular weight is 398 g/mol. The van der Waals surface area contributed by atoms with Crippen molar-refractivity contribution in [3.05, 3.63) is 59.9 Å². The molecule has 5 heteroatoms. The van der Waals surface area contributed by atoms with E-state index in [1.54, 1.807) is 4.90 Å². The van der Waals surface area contributed by atoms with E-state index in [4.69, 9.17) is 0 Å². The van der Waals surface area contributed by atoms with Gasteiger partial charge >= 0.3 is 0 Å². The lowest BCUT2D eigenvalue weighted by molar-refractivity contribution is -0.142. The third-order valence-electron chi connectivity index (χ3n) is 5.26. The summed E-state index contributed by atoms with van der Waals surface area (Å²) in [6.07, 6.45) is 5.09. The normalized spacial score (nSPS) is 10.9. The monoisotopic (exact) mass is 397 g/mol. The van der Waals surface area contributed by atoms with Crippen LogP contribution in [0, 0.1) is 0 Å². The Kier molecular flexibility index (Phi) is 8.97. The van der Waals surface area contributed by atoms with Crippen molar-refractivity contribution in [1.82, 2.24) is 14.4 Å². The summed E-state index contributed by atoms with van der Waals surface area (Å²) in [5.74, 6) is 0.0490. The van der Waals surface area contributed by atoms with Crippen LogP contribution < -0.4 is 0 Å². The van der Waals surface area contributed by atoms with Crippen LogP contribution in [0.5, 0.6) is 0 Å². The number of amides is 2. The zero-order valence-electron chi connectivity index (χ0n) is 18.3. The molecule has 2 amide bonds. The standard InChI is InChI=1S/C24H35N3O2/c1-5-6-17-26(18-22-13-10-16-25(22)4)24(29)19-27(20(2)3)23(28)15-14-21-11-8-7-9-12-21/h7-13,16,20H,5-6,14-15,17-19H2,1-4H3. The molecule has 0 spiro atoms. The molecule has 0 aliphatic heterocycles. The molecule has 1 aromatic heterocycles. The van der Waals surface area contributed by atoms with E-state index < -0.39 is 0 Å². The van der Waals surface area contributed by atoms with Gasteiger partial charge in [-0.15, -0.1) is 0 Å². The first-order chi connectivity index (χ1) is 13.9. The highest BCUT2D eigenvalue weighted by molar-refractivity contribution is 5.85. The fourth-order valence-electron chi connectivity index (χ4n) is 3.34. The molecule has 0 radical (unpaired) electrons. The van der Waals surface area contributed by atoms with Crippen LogP contribution in [0.3, 0.4) is 0 Å². The fourth-order valence-corrected chi connectivity index (χ4v) is 3.34. The minimum atomic E-state index is -0.00900. The third-order valence-corrected chi connectivity index (χ3v) is 5.26. The molecule has 0 N–H and O–H groups in total. The predicted octanol–water partition coefficient (Wildman–Crippen LogP) is 4.02. The van der Waals surface area contributed by atoms with Crippen LogP contribution in [-0.4, -0.2) is 45.3 Å². The second-order valence-electron chi connectivity index (χ2n) is 7.88. The Bertz CT molecular complexity index is 767. The maximum atomic E-state index is 13.1. The van der Waals surface area contributed by atoms with E-state index in [2.05, 4.69) is 6.92 Å². The number of aromatic nitrogens is 1. The van der Waals surface area contributed by atoms with Crippen molar-refractivity contribution in [1.29, 1.82) is 0 Å². The summed E-state index contributed by atoms with van der Waals surface area (Å²) >= 11 is 0. The highest BCUT2D eigenvalue weighted by Crippen LogP contribution is 2.11. The molecule has 0 atom stereocenters. The first kappa shape index (κ1) is 22.7. The summed E-state index contributed by atoms with van der Waals surface area (Å²) in [6.45, 7) is 7.50. The molecule has 0 aliphatic carbocycles. The van der Waals surface area contributed by atoms with Gasteiger partial charge < -0.3 is 14.4 Å². The summed E-state index contributed by atoms with van der Waals surface area (Å²) < 4.78 is 2.04. The molecule has 0 saturated carbocycles. The molecular formula is C24H35N3O2. The second-order valence-corrected chi connectivity index (χ2v) is 7.88. The van der Waals surface area contributed by atoms with E-state index in [0.717, 1.165) is 24.1 Å². The number of unbranched alkanes of at least 4 members (excludes halogenated alkanes) is 1. The maximum absolute atomic E-state index is 13.1. The van der Waals surface area contributed by atoms with Crippen molar-refractivity contribution in [2.45, 2.75) is 59.0 Å². The largest absolute Gasteiger partial charge is 0.353 e. The highest BCUT2D eigenvalue weighted by atomic mass is 16.2. The van der Waals surface area contributed by atoms with Crippen LogP contribution in [0.4, 0.5) is 0 Å². The topological polar surface area (TPSA) is 45.6 Å². The summed E-state index contributed by atoms with van der Waals surface area (Å²) in [4.78, 5) is 29.6. The van der Waals surface area contributed by atoms with Gasteiger partial charge in [0.15, 0.2) is 0 Å². The van der Waals surface area contributed by atoms with E-state index in [-0.39, 0.29) is 24.4 Å². The zero-order valence-corrected chi connectivity index (χ0v) is 18.3. The predicted molar refractivity (Wildman–Crippen MR) is 117 cm³/mol. The summed E-state index contributed by atoms with van der Waals surface area (Å²) in [6, 6.07) is 14.0. The van der Waals surface area contributed by atoms with Gasteiger partial charge in [0.1, 0.15) is 0 Å². The average Bonchev–Trinajstić information content (AvgIpc) is 3.12. The van der Waals surface area contributed by atoms with Crippen molar-refractivity contribution >= 4 is 11.8 Å². The maximum Gasteiger partial charge on any atom is 0.242 e. The lowest BCUT2D eigenvalue weighted by Crippen LogP contribution is -2.46. The molecule has 1 heterocycles. The Hall–Kier alpha value is -2.56. The lowest BCUT2D eigenvalue weighted by atomic mass is 10.1. The van der Waals surface area contributed by atoms with Crippen LogP contribution in [0.2, 0.25) is 0 Å². The number of benzene rings is 1. The number of aryl methyl sites for hydroxylation is 2. The van der Waals surface area contributed by atoms with Crippen molar-refractivity contribution in [2.75, 3.05) is 13.1 Å². The number of hydrogen-bond donors (Lipinski definition) is 0. The van der Waals surface area contributed by atoms with Gasteiger partial charge in [0.25, 0.3) is 0 Å². The van der Waals surface area contributed by atoms with Crippen LogP contribution in [0.1, 0.15) is 51.3 Å². The van der Waals surface area contributed by atoms with Crippen molar-refractivity contribution in [2.24, 2.45) is 7.05 Å². The molecule has 0 fully saturated rings. The van der Waals surface area contributed by atoms with Crippen LogP contribution in [-0.2, 0) is 29.6 Å². The van der Waals surface area contributed by atoms with Crippen molar-refractivity contribution < 1.29 is 9.59 Å². The lowest BCUT2D eigenvalue weighted by Gasteiger charge is -2.30. The molecule has 0 unspecified atom stereocenters. The number of rotatable bonds is 11. The number of hydrogen-bond acceptors (Lipinski definition) is 2. The van der Waals surface area contributed by atoms with Gasteiger partial charge in [0, 0.05) is 37.9 Å². The molecule has 29 heavy (non-hydrogen) atoms. The van der Waals surface area contributed by atoms with Gasteiger partial charge in [-0.05, 0) is 44.4 Å². The Morgan fingerprint density at radius 3 is 2.34 bits per heavy atom. The first-order valence-corrected chi connectivity index (χ1v) is 10.6. The molecule has 0 bridgehead atoms. The van der Waals surface area contributed by atoms with Gasteiger partial charge in [-0.25, -0.2) is 0 Å². The van der Waals surface area contributed by atoms with E-state index >= 15 is 0 Å². The minimum Gasteiger partial charge on any atom is -0.353 e. The number of carbonyl (C=O) groups is 2. The van der Waals surface area contributed by atoms with E-state index in [0.29, 0.717) is 25.9 Å². The molecule has 1 aromatic carbocycles. The fraction of sp³-hybridized carbons (Fsp3) is 0.500. The van der Waals surface area contributed by atoms with Crippen LogP contribution >= 0.6 is 0 Å². The van der Waals surface area contributed by atoms with Crippen LogP contribution in [0.25, 0.3) is 0 Å². The minimum absolute atomic E-state index is 0.00900. The third kappa shape index (κ3) is 7.08. The summed E-state index contributed by atoms with van der Waals surface area (Å²) in [5, 5.41) is 0. The molecule has 2 aromatic rings. The van der Waals surface area contributed by atoms with Gasteiger partial charge in [0.2, 0.25) is 11.8 Å². The summed E-state index contributed by atoms with van der Waals surface area (Å²) in [5.41, 5.74) is 2.24. The zero-order chi connectivity index (χ0) is 21.2. The van der Waals surface area contributed by atoms with Crippen molar-refractivity contribution in [3.8, 4) is 0 Å². The smallest absolute Gasteiger partial charge is 0.242 e. The Morgan fingerprint density at radius 2 is 1.76 bits per heavy atom. The molecule has 0 saturated heterocycles. The molecule has 0 aliphatic rings. The molecule has 158 valence electrons.